The van der Waals surface area contributed by atoms with Crippen molar-refractivity contribution in [1.29, 1.82) is 0 Å². The molecule has 1 saturated carbocycles. The molecule has 2 rings (SSSR count). The van der Waals surface area contributed by atoms with Gasteiger partial charge in [0, 0.05) is 6.04 Å². The number of hydrogen-bond acceptors (Lipinski definition) is 5. The van der Waals surface area contributed by atoms with E-state index < -0.39 is 5.97 Å². The number of nitrogens with two attached hydrogens (primary N) is 1. The van der Waals surface area contributed by atoms with E-state index in [0.717, 1.165) is 18.8 Å². The zero-order chi connectivity index (χ0) is 15.2. The Labute approximate surface area is 126 Å². The number of aromatic nitrogens is 1. The molecule has 0 radical (unpaired) electrons. The van der Waals surface area contributed by atoms with Crippen LogP contribution in [0.3, 0.4) is 0 Å². The van der Waals surface area contributed by atoms with Gasteiger partial charge in [-0.05, 0) is 44.6 Å². The first kappa shape index (κ1) is 15.6. The van der Waals surface area contributed by atoms with E-state index in [9.17, 15) is 4.79 Å². The van der Waals surface area contributed by atoms with Gasteiger partial charge < -0.3 is 15.8 Å². The zero-order valence-corrected chi connectivity index (χ0v) is 12.9. The second-order valence-corrected chi connectivity index (χ2v) is 5.65. The van der Waals surface area contributed by atoms with Gasteiger partial charge in [-0.2, -0.15) is 0 Å². The molecule has 0 spiro atoms. The monoisotopic (exact) mass is 291 g/mol. The Kier molecular flexibility index (Phi) is 5.42. The van der Waals surface area contributed by atoms with Crippen LogP contribution in [0, 0.1) is 5.92 Å². The highest BCUT2D eigenvalue weighted by molar-refractivity contribution is 5.95. The molecule has 21 heavy (non-hydrogen) atoms. The third kappa shape index (κ3) is 4.09. The van der Waals surface area contributed by atoms with Crippen LogP contribution in [-0.4, -0.2) is 23.6 Å². The van der Waals surface area contributed by atoms with Crippen molar-refractivity contribution < 1.29 is 9.53 Å². The summed E-state index contributed by atoms with van der Waals surface area (Å²) in [5, 5.41) is 3.42. The van der Waals surface area contributed by atoms with E-state index in [1.54, 1.807) is 13.0 Å². The summed E-state index contributed by atoms with van der Waals surface area (Å²) in [6.45, 7) is 4.37. The van der Waals surface area contributed by atoms with E-state index in [4.69, 9.17) is 10.5 Å². The van der Waals surface area contributed by atoms with Gasteiger partial charge in [0.25, 0.3) is 0 Å². The minimum absolute atomic E-state index is 0.338. The van der Waals surface area contributed by atoms with E-state index >= 15 is 0 Å². The normalized spacial score (nSPS) is 21.8. The van der Waals surface area contributed by atoms with Crippen LogP contribution in [0.5, 0.6) is 0 Å². The highest BCUT2D eigenvalue weighted by Gasteiger charge is 2.21. The maximum atomic E-state index is 11.8. The quantitative estimate of drug-likeness (QED) is 0.814. The minimum Gasteiger partial charge on any atom is -0.462 e. The van der Waals surface area contributed by atoms with Crippen molar-refractivity contribution in [1.82, 2.24) is 4.98 Å². The summed E-state index contributed by atoms with van der Waals surface area (Å²) in [5.74, 6) is 1.17. The summed E-state index contributed by atoms with van der Waals surface area (Å²) in [6.07, 6.45) is 7.60. The van der Waals surface area contributed by atoms with Crippen LogP contribution in [0.2, 0.25) is 0 Å². The number of esters is 1. The molecule has 0 aliphatic heterocycles. The zero-order valence-electron chi connectivity index (χ0n) is 12.9. The van der Waals surface area contributed by atoms with Crippen molar-refractivity contribution in [3.8, 4) is 0 Å². The molecule has 0 amide bonds. The molecule has 1 aromatic heterocycles. The van der Waals surface area contributed by atoms with E-state index in [-0.39, 0.29) is 0 Å². The fraction of sp³-hybridized carbons (Fsp3) is 0.625. The molecule has 1 heterocycles. The van der Waals surface area contributed by atoms with Gasteiger partial charge in [0.2, 0.25) is 0 Å². The summed E-state index contributed by atoms with van der Waals surface area (Å²) in [7, 11) is 0. The fourth-order valence-electron chi connectivity index (χ4n) is 2.85. The van der Waals surface area contributed by atoms with E-state index in [1.807, 2.05) is 0 Å². The van der Waals surface area contributed by atoms with Crippen LogP contribution in [0.4, 0.5) is 11.5 Å². The molecule has 0 aromatic carbocycles. The molecule has 5 heteroatoms. The van der Waals surface area contributed by atoms with Gasteiger partial charge in [-0.15, -0.1) is 0 Å². The van der Waals surface area contributed by atoms with Crippen LogP contribution < -0.4 is 11.1 Å². The maximum Gasteiger partial charge on any atom is 0.340 e. The highest BCUT2D eigenvalue weighted by atomic mass is 16.5. The first-order valence-electron chi connectivity index (χ1n) is 7.83. The van der Waals surface area contributed by atoms with Crippen LogP contribution in [0.1, 0.15) is 56.3 Å². The van der Waals surface area contributed by atoms with E-state index in [2.05, 4.69) is 17.2 Å². The molecule has 5 nitrogen and oxygen atoms in total. The number of rotatable bonds is 5. The van der Waals surface area contributed by atoms with E-state index in [0.29, 0.717) is 29.7 Å². The largest absolute Gasteiger partial charge is 0.462 e. The molecule has 3 N–H and O–H groups in total. The lowest BCUT2D eigenvalue weighted by Crippen LogP contribution is -2.26. The Hall–Kier alpha value is -1.78. The fourth-order valence-corrected chi connectivity index (χ4v) is 2.85. The summed E-state index contributed by atoms with van der Waals surface area (Å²) in [5.41, 5.74) is 6.54. The lowest BCUT2D eigenvalue weighted by atomic mass is 9.84. The second kappa shape index (κ2) is 7.29. The van der Waals surface area contributed by atoms with Crippen LogP contribution >= 0.6 is 0 Å². The molecule has 1 fully saturated rings. The Balaban J connectivity index is 2.01. The SMILES string of the molecule is CCOC(=O)c1cc(NC2CCC(CC)CC2)ncc1N. The topological polar surface area (TPSA) is 77.2 Å². The second-order valence-electron chi connectivity index (χ2n) is 5.65. The van der Waals surface area contributed by atoms with Gasteiger partial charge in [0.1, 0.15) is 5.82 Å². The average molecular weight is 291 g/mol. The third-order valence-corrected chi connectivity index (χ3v) is 4.21. The standard InChI is InChI=1S/C16H25N3O2/c1-3-11-5-7-12(8-6-11)19-15-9-13(14(17)10-18-15)16(20)21-4-2/h9-12H,3-8,17H2,1-2H3,(H,18,19). The third-order valence-electron chi connectivity index (χ3n) is 4.21. The van der Waals surface area contributed by atoms with Gasteiger partial charge in [-0.3, -0.25) is 0 Å². The van der Waals surface area contributed by atoms with Gasteiger partial charge in [-0.1, -0.05) is 13.3 Å². The summed E-state index contributed by atoms with van der Waals surface area (Å²) in [6, 6.07) is 2.12. The van der Waals surface area contributed by atoms with Gasteiger partial charge in [-0.25, -0.2) is 9.78 Å². The number of carbonyl (C=O) groups is 1. The Bertz CT molecular complexity index is 482. The predicted molar refractivity (Wildman–Crippen MR) is 84.3 cm³/mol. The number of carbonyl (C=O) groups excluding carboxylic acids is 1. The number of pyridine rings is 1. The van der Waals surface area contributed by atoms with Crippen molar-refractivity contribution in [2.75, 3.05) is 17.7 Å². The van der Waals surface area contributed by atoms with E-state index in [1.165, 1.54) is 25.5 Å². The molecule has 1 aliphatic carbocycles. The highest BCUT2D eigenvalue weighted by Crippen LogP contribution is 2.28. The first-order chi connectivity index (χ1) is 10.1. The minimum atomic E-state index is -0.393. The summed E-state index contributed by atoms with van der Waals surface area (Å²) >= 11 is 0. The molecule has 0 saturated heterocycles. The van der Waals surface area contributed by atoms with Crippen LogP contribution in [-0.2, 0) is 4.74 Å². The van der Waals surface area contributed by atoms with Crippen molar-refractivity contribution >= 4 is 17.5 Å². The number of nitrogens with zero attached hydrogens (tertiary/aromatic N) is 1. The lowest BCUT2D eigenvalue weighted by molar-refractivity contribution is 0.0527. The van der Waals surface area contributed by atoms with Crippen molar-refractivity contribution in [3.63, 3.8) is 0 Å². The molecule has 116 valence electrons. The van der Waals surface area contributed by atoms with Crippen molar-refractivity contribution in [2.45, 2.75) is 52.0 Å². The molecule has 0 unspecified atom stereocenters. The first-order valence-corrected chi connectivity index (χ1v) is 7.83. The molecule has 1 aliphatic rings. The smallest absolute Gasteiger partial charge is 0.340 e. The predicted octanol–water partition coefficient (Wildman–Crippen LogP) is 3.22. The number of anilines is 2. The van der Waals surface area contributed by atoms with Crippen LogP contribution in [0.25, 0.3) is 0 Å². The number of ether oxygens (including phenoxy) is 1. The Morgan fingerprint density at radius 3 is 2.71 bits per heavy atom. The maximum absolute atomic E-state index is 11.8. The van der Waals surface area contributed by atoms with Gasteiger partial charge in [0.15, 0.2) is 0 Å². The summed E-state index contributed by atoms with van der Waals surface area (Å²) in [4.78, 5) is 16.1. The number of hydrogen-bond donors (Lipinski definition) is 2. The Morgan fingerprint density at radius 1 is 1.38 bits per heavy atom. The molecule has 0 atom stereocenters. The van der Waals surface area contributed by atoms with Gasteiger partial charge >= 0.3 is 5.97 Å². The average Bonchev–Trinajstić information content (AvgIpc) is 2.50. The lowest BCUT2D eigenvalue weighted by Gasteiger charge is -2.28. The van der Waals surface area contributed by atoms with Gasteiger partial charge in [0.05, 0.1) is 24.1 Å². The molecule has 1 aromatic rings. The Morgan fingerprint density at radius 2 is 2.10 bits per heavy atom. The summed E-state index contributed by atoms with van der Waals surface area (Å²) < 4.78 is 5.01. The van der Waals surface area contributed by atoms with Crippen molar-refractivity contribution in [2.24, 2.45) is 5.92 Å². The molecular formula is C16H25N3O2. The molecular weight excluding hydrogens is 266 g/mol. The van der Waals surface area contributed by atoms with Crippen LogP contribution in [0.15, 0.2) is 12.3 Å². The van der Waals surface area contributed by atoms with Crippen molar-refractivity contribution in [3.05, 3.63) is 17.8 Å². The number of nitrogens with one attached hydrogen (secondary N) is 1. The number of nitrogen functional groups attached to an aromatic ring is 1. The molecule has 0 bridgehead atoms.